The van der Waals surface area contributed by atoms with Gasteiger partial charge in [-0.2, -0.15) is 0 Å². The quantitative estimate of drug-likeness (QED) is 0.702. The summed E-state index contributed by atoms with van der Waals surface area (Å²) in [6.07, 6.45) is 6.68. The van der Waals surface area contributed by atoms with E-state index in [1.807, 2.05) is 0 Å². The summed E-state index contributed by atoms with van der Waals surface area (Å²) < 4.78 is 0. The van der Waals surface area contributed by atoms with Gasteiger partial charge in [-0.1, -0.05) is 0 Å². The number of hydrogen-bond acceptors (Lipinski definition) is 3. The number of likely N-dealkylation sites (N-methyl/N-ethyl adjacent to an activating group) is 1. The molecule has 0 aliphatic heterocycles. The molecule has 0 atom stereocenters. The van der Waals surface area contributed by atoms with Gasteiger partial charge in [0.15, 0.2) is 0 Å². The topological polar surface area (TPSA) is 49.5 Å². The van der Waals surface area contributed by atoms with E-state index in [2.05, 4.69) is 11.9 Å². The molecule has 2 fully saturated rings. The lowest BCUT2D eigenvalue weighted by Gasteiger charge is -2.34. The summed E-state index contributed by atoms with van der Waals surface area (Å²) in [7, 11) is 2.14. The van der Waals surface area contributed by atoms with Crippen molar-refractivity contribution in [3.05, 3.63) is 0 Å². The van der Waals surface area contributed by atoms with Crippen LogP contribution in [0.3, 0.4) is 0 Å². The second-order valence-electron chi connectivity index (χ2n) is 5.21. The molecule has 3 nitrogen and oxygen atoms in total. The normalized spacial score (nSPS) is 36.0. The van der Waals surface area contributed by atoms with Gasteiger partial charge in [0, 0.05) is 18.6 Å². The Morgan fingerprint density at radius 2 is 1.86 bits per heavy atom. The third-order valence-electron chi connectivity index (χ3n) is 3.74. The molecule has 14 heavy (non-hydrogen) atoms. The molecule has 0 saturated heterocycles. The fourth-order valence-corrected chi connectivity index (χ4v) is 2.44. The van der Waals surface area contributed by atoms with E-state index < -0.39 is 0 Å². The average molecular weight is 198 g/mol. The molecule has 2 rings (SSSR count). The highest BCUT2D eigenvalue weighted by molar-refractivity contribution is 4.96. The summed E-state index contributed by atoms with van der Waals surface area (Å²) >= 11 is 0. The van der Waals surface area contributed by atoms with Gasteiger partial charge in [0.25, 0.3) is 0 Å². The zero-order valence-corrected chi connectivity index (χ0v) is 9.08. The van der Waals surface area contributed by atoms with Crippen molar-refractivity contribution in [3.8, 4) is 0 Å². The number of nitrogens with zero attached hydrogens (tertiary/aromatic N) is 1. The van der Waals surface area contributed by atoms with Gasteiger partial charge in [0.2, 0.25) is 0 Å². The van der Waals surface area contributed by atoms with Crippen molar-refractivity contribution in [1.29, 1.82) is 0 Å². The number of nitrogens with two attached hydrogens (primary N) is 1. The van der Waals surface area contributed by atoms with Gasteiger partial charge < -0.3 is 15.7 Å². The first kappa shape index (κ1) is 10.4. The highest BCUT2D eigenvalue weighted by Crippen LogP contribution is 2.36. The van der Waals surface area contributed by atoms with Crippen molar-refractivity contribution in [2.75, 3.05) is 13.6 Å². The molecule has 0 radical (unpaired) electrons. The molecular weight excluding hydrogens is 176 g/mol. The number of hydrogen-bond donors (Lipinski definition) is 2. The zero-order chi connectivity index (χ0) is 10.2. The van der Waals surface area contributed by atoms with Crippen molar-refractivity contribution in [1.82, 2.24) is 4.90 Å². The molecule has 0 aromatic carbocycles. The third-order valence-corrected chi connectivity index (χ3v) is 3.74. The predicted octanol–water partition coefficient (Wildman–Crippen LogP) is 0.713. The minimum atomic E-state index is -0.339. The van der Waals surface area contributed by atoms with E-state index in [0.717, 1.165) is 32.2 Å². The molecule has 82 valence electrons. The molecule has 0 aromatic heterocycles. The molecule has 3 heteroatoms. The Bertz CT molecular complexity index is 195. The van der Waals surface area contributed by atoms with Crippen LogP contribution in [0.4, 0.5) is 0 Å². The molecule has 2 aliphatic rings. The highest BCUT2D eigenvalue weighted by Gasteiger charge is 2.42. The number of rotatable bonds is 3. The van der Waals surface area contributed by atoms with Crippen LogP contribution in [0, 0.1) is 0 Å². The SMILES string of the molecule is CN(CC1(O)CC1)C1CCC(N)CC1. The standard InChI is InChI=1S/C11H22N2O/c1-13(8-11(14)6-7-11)10-4-2-9(12)3-5-10/h9-10,14H,2-8,12H2,1H3. The summed E-state index contributed by atoms with van der Waals surface area (Å²) in [6, 6.07) is 1.07. The zero-order valence-electron chi connectivity index (χ0n) is 9.08. The van der Waals surface area contributed by atoms with Gasteiger partial charge >= 0.3 is 0 Å². The van der Waals surface area contributed by atoms with E-state index in [1.54, 1.807) is 0 Å². The van der Waals surface area contributed by atoms with Crippen LogP contribution in [0.2, 0.25) is 0 Å². The van der Waals surface area contributed by atoms with Crippen molar-refractivity contribution in [2.45, 2.75) is 56.2 Å². The second-order valence-corrected chi connectivity index (χ2v) is 5.21. The van der Waals surface area contributed by atoms with Gasteiger partial charge in [0.05, 0.1) is 5.60 Å². The molecular formula is C11H22N2O. The van der Waals surface area contributed by atoms with Gasteiger partial charge in [-0.15, -0.1) is 0 Å². The fraction of sp³-hybridized carbons (Fsp3) is 1.00. The Hall–Kier alpha value is -0.120. The van der Waals surface area contributed by atoms with Crippen LogP contribution in [-0.2, 0) is 0 Å². The van der Waals surface area contributed by atoms with Crippen molar-refractivity contribution >= 4 is 0 Å². The Morgan fingerprint density at radius 3 is 2.36 bits per heavy atom. The van der Waals surface area contributed by atoms with Gasteiger partial charge in [-0.05, 0) is 45.6 Å². The van der Waals surface area contributed by atoms with E-state index in [0.29, 0.717) is 12.1 Å². The van der Waals surface area contributed by atoms with Crippen LogP contribution in [0.25, 0.3) is 0 Å². The third kappa shape index (κ3) is 2.47. The maximum atomic E-state index is 9.82. The Balaban J connectivity index is 1.77. The smallest absolute Gasteiger partial charge is 0.0776 e. The largest absolute Gasteiger partial charge is 0.389 e. The van der Waals surface area contributed by atoms with Crippen LogP contribution >= 0.6 is 0 Å². The second kappa shape index (κ2) is 3.80. The molecule has 2 aliphatic carbocycles. The molecule has 0 spiro atoms. The molecule has 2 saturated carbocycles. The van der Waals surface area contributed by atoms with Crippen LogP contribution in [0.5, 0.6) is 0 Å². The summed E-state index contributed by atoms with van der Waals surface area (Å²) in [5.74, 6) is 0. The summed E-state index contributed by atoms with van der Waals surface area (Å²) in [6.45, 7) is 0.854. The Kier molecular flexibility index (Phi) is 2.82. The minimum Gasteiger partial charge on any atom is -0.389 e. The first-order valence-electron chi connectivity index (χ1n) is 5.77. The lowest BCUT2D eigenvalue weighted by atomic mass is 9.91. The van der Waals surface area contributed by atoms with Crippen LogP contribution in [0.1, 0.15) is 38.5 Å². The number of aliphatic hydroxyl groups is 1. The monoisotopic (exact) mass is 198 g/mol. The van der Waals surface area contributed by atoms with E-state index >= 15 is 0 Å². The molecule has 0 unspecified atom stereocenters. The van der Waals surface area contributed by atoms with Gasteiger partial charge in [0.1, 0.15) is 0 Å². The fourth-order valence-electron chi connectivity index (χ4n) is 2.44. The molecule has 0 heterocycles. The first-order valence-corrected chi connectivity index (χ1v) is 5.77. The average Bonchev–Trinajstić information content (AvgIpc) is 2.84. The van der Waals surface area contributed by atoms with Gasteiger partial charge in [-0.25, -0.2) is 0 Å². The Labute approximate surface area is 86.3 Å². The van der Waals surface area contributed by atoms with Crippen LogP contribution in [0.15, 0.2) is 0 Å². The minimum absolute atomic E-state index is 0.339. The predicted molar refractivity (Wildman–Crippen MR) is 57.0 cm³/mol. The molecule has 0 bridgehead atoms. The first-order chi connectivity index (χ1) is 6.59. The summed E-state index contributed by atoms with van der Waals surface area (Å²) in [5, 5.41) is 9.82. The van der Waals surface area contributed by atoms with Crippen LogP contribution in [-0.4, -0.2) is 41.3 Å². The van der Waals surface area contributed by atoms with Gasteiger partial charge in [-0.3, -0.25) is 0 Å². The molecule has 3 N–H and O–H groups in total. The van der Waals surface area contributed by atoms with Crippen molar-refractivity contribution in [2.24, 2.45) is 5.73 Å². The van der Waals surface area contributed by atoms with E-state index in [9.17, 15) is 5.11 Å². The Morgan fingerprint density at radius 1 is 1.29 bits per heavy atom. The van der Waals surface area contributed by atoms with Crippen molar-refractivity contribution in [3.63, 3.8) is 0 Å². The maximum absolute atomic E-state index is 9.82. The van der Waals surface area contributed by atoms with E-state index in [-0.39, 0.29) is 5.60 Å². The lowest BCUT2D eigenvalue weighted by molar-refractivity contribution is 0.0723. The van der Waals surface area contributed by atoms with Crippen LogP contribution < -0.4 is 5.73 Å². The maximum Gasteiger partial charge on any atom is 0.0776 e. The lowest BCUT2D eigenvalue weighted by Crippen LogP contribution is -2.42. The van der Waals surface area contributed by atoms with Crippen molar-refractivity contribution < 1.29 is 5.11 Å². The molecule has 0 aromatic rings. The summed E-state index contributed by atoms with van der Waals surface area (Å²) in [4.78, 5) is 2.33. The highest BCUT2D eigenvalue weighted by atomic mass is 16.3. The molecule has 0 amide bonds. The van der Waals surface area contributed by atoms with E-state index in [4.69, 9.17) is 5.73 Å². The van der Waals surface area contributed by atoms with E-state index in [1.165, 1.54) is 12.8 Å². The summed E-state index contributed by atoms with van der Waals surface area (Å²) in [5.41, 5.74) is 5.53.